The second kappa shape index (κ2) is 6.31. The van der Waals surface area contributed by atoms with Gasteiger partial charge in [-0.2, -0.15) is 0 Å². The molecular weight excluding hydrogens is 272 g/mol. The van der Waals surface area contributed by atoms with Crippen molar-refractivity contribution in [1.82, 2.24) is 4.90 Å². The third-order valence-electron chi connectivity index (χ3n) is 3.86. The van der Waals surface area contributed by atoms with Gasteiger partial charge in [0, 0.05) is 29.5 Å². The van der Waals surface area contributed by atoms with Gasteiger partial charge in [-0.25, -0.2) is 0 Å². The Morgan fingerprint density at radius 3 is 2.50 bits per heavy atom. The van der Waals surface area contributed by atoms with Crippen molar-refractivity contribution in [2.75, 3.05) is 19.3 Å². The van der Waals surface area contributed by atoms with Crippen molar-refractivity contribution in [2.45, 2.75) is 24.7 Å². The standard InChI is InChI=1S/C15H20N2O2S/c1-10-3-4-12(20-2)9-13(10)15(19)17-7-5-11(6-8-17)14(16)18/h3-4,9,11H,5-8H2,1-2H3,(H2,16,18). The number of carbonyl (C=O) groups excluding carboxylic acids is 2. The molecule has 1 aromatic rings. The van der Waals surface area contributed by atoms with Crippen molar-refractivity contribution in [2.24, 2.45) is 11.7 Å². The summed E-state index contributed by atoms with van der Waals surface area (Å²) in [5.41, 5.74) is 7.07. The smallest absolute Gasteiger partial charge is 0.254 e. The lowest BCUT2D eigenvalue weighted by atomic mass is 9.95. The Bertz CT molecular complexity index is 523. The van der Waals surface area contributed by atoms with Crippen LogP contribution in [0.4, 0.5) is 0 Å². The monoisotopic (exact) mass is 292 g/mol. The highest BCUT2D eigenvalue weighted by atomic mass is 32.2. The third kappa shape index (κ3) is 3.15. The van der Waals surface area contributed by atoms with E-state index in [-0.39, 0.29) is 17.7 Å². The number of hydrogen-bond donors (Lipinski definition) is 1. The number of thioether (sulfide) groups is 1. The molecule has 1 aliphatic heterocycles. The van der Waals surface area contributed by atoms with Crippen molar-refractivity contribution in [3.05, 3.63) is 29.3 Å². The van der Waals surface area contributed by atoms with Gasteiger partial charge in [-0.15, -0.1) is 11.8 Å². The maximum absolute atomic E-state index is 12.6. The van der Waals surface area contributed by atoms with Crippen LogP contribution in [0.3, 0.4) is 0 Å². The van der Waals surface area contributed by atoms with Crippen molar-refractivity contribution >= 4 is 23.6 Å². The van der Waals surface area contributed by atoms with Gasteiger partial charge in [0.25, 0.3) is 5.91 Å². The van der Waals surface area contributed by atoms with E-state index >= 15 is 0 Å². The summed E-state index contributed by atoms with van der Waals surface area (Å²) in [5, 5.41) is 0. The molecule has 2 N–H and O–H groups in total. The van der Waals surface area contributed by atoms with E-state index in [4.69, 9.17) is 5.73 Å². The highest BCUT2D eigenvalue weighted by molar-refractivity contribution is 7.98. The molecule has 0 radical (unpaired) electrons. The van der Waals surface area contributed by atoms with E-state index in [1.807, 2.05) is 36.3 Å². The van der Waals surface area contributed by atoms with Crippen LogP contribution in [0.2, 0.25) is 0 Å². The van der Waals surface area contributed by atoms with Crippen LogP contribution in [-0.2, 0) is 4.79 Å². The molecule has 0 saturated carbocycles. The lowest BCUT2D eigenvalue weighted by Crippen LogP contribution is -2.41. The minimum atomic E-state index is -0.252. The SMILES string of the molecule is CSc1ccc(C)c(C(=O)N2CCC(C(N)=O)CC2)c1. The molecule has 0 bridgehead atoms. The summed E-state index contributed by atoms with van der Waals surface area (Å²) in [6.45, 7) is 3.16. The van der Waals surface area contributed by atoms with Crippen LogP contribution >= 0.6 is 11.8 Å². The Kier molecular flexibility index (Phi) is 4.70. The molecule has 1 aliphatic rings. The van der Waals surface area contributed by atoms with Crippen LogP contribution in [0.15, 0.2) is 23.1 Å². The lowest BCUT2D eigenvalue weighted by Gasteiger charge is -2.31. The molecule has 0 aromatic heterocycles. The molecule has 4 nitrogen and oxygen atoms in total. The van der Waals surface area contributed by atoms with Crippen molar-refractivity contribution in [1.29, 1.82) is 0 Å². The quantitative estimate of drug-likeness (QED) is 0.867. The molecule has 1 aromatic carbocycles. The van der Waals surface area contributed by atoms with E-state index in [9.17, 15) is 9.59 Å². The van der Waals surface area contributed by atoms with E-state index in [1.165, 1.54) is 0 Å². The molecule has 20 heavy (non-hydrogen) atoms. The van der Waals surface area contributed by atoms with Gasteiger partial charge in [0.1, 0.15) is 0 Å². The fourth-order valence-corrected chi connectivity index (χ4v) is 2.94. The minimum Gasteiger partial charge on any atom is -0.369 e. The molecule has 5 heteroatoms. The number of nitrogens with zero attached hydrogens (tertiary/aromatic N) is 1. The molecule has 0 unspecified atom stereocenters. The predicted molar refractivity (Wildman–Crippen MR) is 80.8 cm³/mol. The molecule has 0 spiro atoms. The highest BCUT2D eigenvalue weighted by Crippen LogP contribution is 2.23. The van der Waals surface area contributed by atoms with E-state index in [0.717, 1.165) is 16.0 Å². The first-order valence-corrected chi connectivity index (χ1v) is 7.98. The number of benzene rings is 1. The minimum absolute atomic E-state index is 0.0568. The Morgan fingerprint density at radius 1 is 1.30 bits per heavy atom. The second-order valence-corrected chi connectivity index (χ2v) is 6.03. The Labute approximate surface area is 123 Å². The van der Waals surface area contributed by atoms with Crippen molar-refractivity contribution in [3.8, 4) is 0 Å². The number of nitrogens with two attached hydrogens (primary N) is 1. The fraction of sp³-hybridized carbons (Fsp3) is 0.467. The van der Waals surface area contributed by atoms with E-state index in [1.54, 1.807) is 11.8 Å². The summed E-state index contributed by atoms with van der Waals surface area (Å²) >= 11 is 1.63. The normalized spacial score (nSPS) is 16.2. The molecule has 0 aliphatic carbocycles. The number of primary amides is 1. The second-order valence-electron chi connectivity index (χ2n) is 5.15. The number of carbonyl (C=O) groups is 2. The summed E-state index contributed by atoms with van der Waals surface area (Å²) in [6, 6.07) is 5.95. The highest BCUT2D eigenvalue weighted by Gasteiger charge is 2.27. The summed E-state index contributed by atoms with van der Waals surface area (Å²) in [4.78, 5) is 26.6. The Morgan fingerprint density at radius 2 is 1.95 bits per heavy atom. The number of rotatable bonds is 3. The maximum atomic E-state index is 12.6. The summed E-state index contributed by atoms with van der Waals surface area (Å²) in [5.74, 6) is -0.281. The van der Waals surface area contributed by atoms with E-state index < -0.39 is 0 Å². The molecule has 1 heterocycles. The van der Waals surface area contributed by atoms with Gasteiger partial charge in [0.2, 0.25) is 5.91 Å². The fourth-order valence-electron chi connectivity index (χ4n) is 2.50. The maximum Gasteiger partial charge on any atom is 0.254 e. The molecule has 0 atom stereocenters. The van der Waals surface area contributed by atoms with Gasteiger partial charge >= 0.3 is 0 Å². The van der Waals surface area contributed by atoms with Gasteiger partial charge in [-0.05, 0) is 43.7 Å². The van der Waals surface area contributed by atoms with Gasteiger partial charge in [-0.3, -0.25) is 9.59 Å². The van der Waals surface area contributed by atoms with Crippen LogP contribution in [0, 0.1) is 12.8 Å². The zero-order valence-electron chi connectivity index (χ0n) is 11.9. The molecule has 2 rings (SSSR count). The largest absolute Gasteiger partial charge is 0.369 e. The molecule has 108 valence electrons. The van der Waals surface area contributed by atoms with Gasteiger partial charge < -0.3 is 10.6 Å². The number of aryl methyl sites for hydroxylation is 1. The number of hydrogen-bond acceptors (Lipinski definition) is 3. The average Bonchev–Trinajstić information content (AvgIpc) is 2.47. The van der Waals surface area contributed by atoms with Crippen LogP contribution in [0.25, 0.3) is 0 Å². The number of amides is 2. The average molecular weight is 292 g/mol. The molecule has 1 saturated heterocycles. The van der Waals surface area contributed by atoms with Gasteiger partial charge in [-0.1, -0.05) is 6.07 Å². The number of piperidine rings is 1. The van der Waals surface area contributed by atoms with Crippen molar-refractivity contribution < 1.29 is 9.59 Å². The van der Waals surface area contributed by atoms with Crippen LogP contribution < -0.4 is 5.73 Å². The van der Waals surface area contributed by atoms with Crippen LogP contribution in [0.5, 0.6) is 0 Å². The molecule has 1 fully saturated rings. The zero-order valence-corrected chi connectivity index (χ0v) is 12.7. The molecular formula is C15H20N2O2S. The van der Waals surface area contributed by atoms with Gasteiger partial charge in [0.15, 0.2) is 0 Å². The first-order chi connectivity index (χ1) is 9.52. The Balaban J connectivity index is 2.11. The summed E-state index contributed by atoms with van der Waals surface area (Å²) in [6.07, 6.45) is 3.34. The lowest BCUT2D eigenvalue weighted by molar-refractivity contribution is -0.123. The predicted octanol–water partition coefficient (Wildman–Crippen LogP) is 2.05. The van der Waals surface area contributed by atoms with E-state index in [2.05, 4.69) is 0 Å². The van der Waals surface area contributed by atoms with Crippen LogP contribution in [-0.4, -0.2) is 36.1 Å². The zero-order chi connectivity index (χ0) is 14.7. The van der Waals surface area contributed by atoms with Gasteiger partial charge in [0.05, 0.1) is 0 Å². The summed E-state index contributed by atoms with van der Waals surface area (Å²) < 4.78 is 0. The van der Waals surface area contributed by atoms with Crippen molar-refractivity contribution in [3.63, 3.8) is 0 Å². The third-order valence-corrected chi connectivity index (χ3v) is 4.59. The molecule has 2 amide bonds. The Hall–Kier alpha value is -1.49. The summed E-state index contributed by atoms with van der Waals surface area (Å²) in [7, 11) is 0. The first-order valence-electron chi connectivity index (χ1n) is 6.76. The topological polar surface area (TPSA) is 63.4 Å². The van der Waals surface area contributed by atoms with Crippen LogP contribution in [0.1, 0.15) is 28.8 Å². The number of likely N-dealkylation sites (tertiary alicyclic amines) is 1. The first kappa shape index (κ1) is 14.9. The van der Waals surface area contributed by atoms with E-state index in [0.29, 0.717) is 25.9 Å².